The van der Waals surface area contributed by atoms with E-state index in [1.54, 1.807) is 0 Å². The number of hydrogen-bond acceptors (Lipinski definition) is 3. The fourth-order valence-electron chi connectivity index (χ4n) is 3.22. The maximum Gasteiger partial charge on any atom is 0.160 e. The van der Waals surface area contributed by atoms with E-state index >= 15 is 0 Å². The quantitative estimate of drug-likeness (QED) is 0.235. The van der Waals surface area contributed by atoms with Crippen LogP contribution in [0.5, 0.6) is 0 Å². The summed E-state index contributed by atoms with van der Waals surface area (Å²) < 4.78 is 7.06. The highest BCUT2D eigenvalue weighted by Crippen LogP contribution is 2.35. The Morgan fingerprint density at radius 3 is 2.38 bits per heavy atom. The molecule has 3 nitrogen and oxygen atoms in total. The van der Waals surface area contributed by atoms with Crippen LogP contribution in [0.4, 0.5) is 0 Å². The smallest absolute Gasteiger partial charge is 0.160 e. The summed E-state index contributed by atoms with van der Waals surface area (Å²) in [5.74, 6) is 0.723. The minimum absolute atomic E-state index is 0.723. The first-order valence-corrected chi connectivity index (χ1v) is 9.38. The molecule has 0 aliphatic carbocycles. The van der Waals surface area contributed by atoms with Crippen molar-refractivity contribution in [2.75, 3.05) is 0 Å². The Morgan fingerprint density at radius 1 is 0.731 bits per heavy atom. The molecule has 5 aromatic rings. The van der Waals surface area contributed by atoms with Crippen molar-refractivity contribution in [1.29, 1.82) is 0 Å². The zero-order chi connectivity index (χ0) is 17.5. The predicted molar refractivity (Wildman–Crippen MR) is 113 cm³/mol. The minimum Gasteiger partial charge on any atom is -0.455 e. The largest absolute Gasteiger partial charge is 0.455 e. The molecule has 0 saturated heterocycles. The van der Waals surface area contributed by atoms with Crippen molar-refractivity contribution in [3.8, 4) is 22.6 Å². The number of furan rings is 1. The molecule has 26 heavy (non-hydrogen) atoms. The fourth-order valence-corrected chi connectivity index (χ4v) is 3.74. The van der Waals surface area contributed by atoms with Gasteiger partial charge in [0, 0.05) is 21.9 Å². The highest BCUT2D eigenvalue weighted by atomic mass is 127. The summed E-state index contributed by atoms with van der Waals surface area (Å²) in [6.45, 7) is 0. The molecule has 0 aliphatic rings. The molecule has 2 heterocycles. The lowest BCUT2D eigenvalue weighted by atomic mass is 10.1. The third kappa shape index (κ3) is 2.57. The Bertz CT molecular complexity index is 1250. The van der Waals surface area contributed by atoms with Crippen molar-refractivity contribution in [2.45, 2.75) is 0 Å². The van der Waals surface area contributed by atoms with Gasteiger partial charge >= 0.3 is 0 Å². The SMILES string of the molecule is Ic1cc(-c2cccc3c2oc2ccccc23)nc(-c2ccccc2)n1. The Hall–Kier alpha value is -2.73. The molecule has 0 aliphatic heterocycles. The van der Waals surface area contributed by atoms with Crippen LogP contribution in [0, 0.1) is 3.70 Å². The van der Waals surface area contributed by atoms with Crippen molar-refractivity contribution in [2.24, 2.45) is 0 Å². The first-order chi connectivity index (χ1) is 12.8. The summed E-state index contributed by atoms with van der Waals surface area (Å²) in [6, 6.07) is 26.3. The van der Waals surface area contributed by atoms with Crippen LogP contribution < -0.4 is 0 Å². The Morgan fingerprint density at radius 2 is 1.50 bits per heavy atom. The van der Waals surface area contributed by atoms with Gasteiger partial charge in [-0.15, -0.1) is 0 Å². The van der Waals surface area contributed by atoms with Gasteiger partial charge in [-0.1, -0.05) is 60.7 Å². The van der Waals surface area contributed by atoms with E-state index < -0.39 is 0 Å². The van der Waals surface area contributed by atoms with Gasteiger partial charge in [0.05, 0.1) is 5.69 Å². The number of nitrogens with zero attached hydrogens (tertiary/aromatic N) is 2. The monoisotopic (exact) mass is 448 g/mol. The first-order valence-electron chi connectivity index (χ1n) is 8.30. The second kappa shape index (κ2) is 6.21. The molecule has 4 heteroatoms. The van der Waals surface area contributed by atoms with Crippen LogP contribution in [-0.4, -0.2) is 9.97 Å². The van der Waals surface area contributed by atoms with Gasteiger partial charge in [-0.05, 0) is 40.8 Å². The van der Waals surface area contributed by atoms with Gasteiger partial charge < -0.3 is 4.42 Å². The normalized spacial score (nSPS) is 11.3. The lowest BCUT2D eigenvalue weighted by Gasteiger charge is -2.06. The van der Waals surface area contributed by atoms with Gasteiger partial charge in [-0.2, -0.15) is 0 Å². The number of aromatic nitrogens is 2. The average Bonchev–Trinajstić information content (AvgIpc) is 3.07. The Kier molecular flexibility index (Phi) is 3.71. The van der Waals surface area contributed by atoms with Crippen LogP contribution in [0.3, 0.4) is 0 Å². The predicted octanol–water partition coefficient (Wildman–Crippen LogP) is 6.31. The lowest BCUT2D eigenvalue weighted by Crippen LogP contribution is -1.95. The van der Waals surface area contributed by atoms with Crippen LogP contribution in [0.15, 0.2) is 83.3 Å². The molecule has 5 rings (SSSR count). The zero-order valence-corrected chi connectivity index (χ0v) is 15.8. The number of para-hydroxylation sites is 2. The van der Waals surface area contributed by atoms with E-state index in [1.807, 2.05) is 54.6 Å². The number of fused-ring (bicyclic) bond motifs is 3. The number of halogens is 1. The molecule has 0 radical (unpaired) electrons. The highest BCUT2D eigenvalue weighted by molar-refractivity contribution is 14.1. The Balaban J connectivity index is 1.77. The molecule has 0 N–H and O–H groups in total. The van der Waals surface area contributed by atoms with E-state index in [9.17, 15) is 0 Å². The van der Waals surface area contributed by atoms with Crippen LogP contribution in [0.25, 0.3) is 44.6 Å². The number of rotatable bonds is 2. The van der Waals surface area contributed by atoms with Crippen molar-refractivity contribution in [1.82, 2.24) is 9.97 Å². The van der Waals surface area contributed by atoms with Crippen molar-refractivity contribution in [3.05, 3.63) is 82.6 Å². The molecule has 2 aromatic heterocycles. The lowest BCUT2D eigenvalue weighted by molar-refractivity contribution is 0.670. The number of hydrogen-bond donors (Lipinski definition) is 0. The second-order valence-electron chi connectivity index (χ2n) is 6.05. The van der Waals surface area contributed by atoms with E-state index in [0.29, 0.717) is 0 Å². The van der Waals surface area contributed by atoms with Crippen LogP contribution in [-0.2, 0) is 0 Å². The molecule has 124 valence electrons. The molecule has 0 atom stereocenters. The van der Waals surface area contributed by atoms with Gasteiger partial charge in [0.1, 0.15) is 14.9 Å². The second-order valence-corrected chi connectivity index (χ2v) is 7.15. The Labute approximate surface area is 163 Å². The van der Waals surface area contributed by atoms with E-state index in [4.69, 9.17) is 9.40 Å². The van der Waals surface area contributed by atoms with Crippen LogP contribution >= 0.6 is 22.6 Å². The standard InChI is InChI=1S/C22H13IN2O/c23-20-13-18(24-22(25-20)14-7-2-1-3-8-14)17-11-6-10-16-15-9-4-5-12-19(15)26-21(16)17/h1-13H. The zero-order valence-electron chi connectivity index (χ0n) is 13.7. The van der Waals surface area contributed by atoms with Crippen LogP contribution in [0.1, 0.15) is 0 Å². The van der Waals surface area contributed by atoms with Gasteiger partial charge in [-0.25, -0.2) is 9.97 Å². The third-order valence-electron chi connectivity index (χ3n) is 4.41. The van der Waals surface area contributed by atoms with E-state index in [1.165, 1.54) is 0 Å². The van der Waals surface area contributed by atoms with Crippen molar-refractivity contribution >= 4 is 44.5 Å². The summed E-state index contributed by atoms with van der Waals surface area (Å²) in [7, 11) is 0. The van der Waals surface area contributed by atoms with Gasteiger partial charge in [-0.3, -0.25) is 0 Å². The summed E-state index contributed by atoms with van der Waals surface area (Å²) in [5.41, 5.74) is 4.61. The van der Waals surface area contributed by atoms with Crippen molar-refractivity contribution in [3.63, 3.8) is 0 Å². The third-order valence-corrected chi connectivity index (χ3v) is 4.96. The number of benzene rings is 3. The van der Waals surface area contributed by atoms with E-state index in [2.05, 4.69) is 51.8 Å². The van der Waals surface area contributed by atoms with E-state index in [-0.39, 0.29) is 0 Å². The molecule has 3 aromatic carbocycles. The molecule has 0 unspecified atom stereocenters. The topological polar surface area (TPSA) is 38.9 Å². The highest BCUT2D eigenvalue weighted by Gasteiger charge is 2.14. The maximum absolute atomic E-state index is 6.16. The summed E-state index contributed by atoms with van der Waals surface area (Å²) in [5, 5.41) is 2.23. The average molecular weight is 448 g/mol. The fraction of sp³-hybridized carbons (Fsp3) is 0. The summed E-state index contributed by atoms with van der Waals surface area (Å²) in [6.07, 6.45) is 0. The summed E-state index contributed by atoms with van der Waals surface area (Å²) >= 11 is 2.24. The molecule has 0 saturated carbocycles. The van der Waals surface area contributed by atoms with Gasteiger partial charge in [0.15, 0.2) is 5.82 Å². The van der Waals surface area contributed by atoms with E-state index in [0.717, 1.165) is 48.3 Å². The maximum atomic E-state index is 6.16. The molecule has 0 spiro atoms. The van der Waals surface area contributed by atoms with Crippen LogP contribution in [0.2, 0.25) is 0 Å². The minimum atomic E-state index is 0.723. The molecular weight excluding hydrogens is 435 g/mol. The van der Waals surface area contributed by atoms with Crippen molar-refractivity contribution < 1.29 is 4.42 Å². The molecule has 0 amide bonds. The molecule has 0 fully saturated rings. The molecular formula is C22H13IN2O. The first kappa shape index (κ1) is 15.5. The summed E-state index contributed by atoms with van der Waals surface area (Å²) in [4.78, 5) is 9.42. The van der Waals surface area contributed by atoms with Gasteiger partial charge in [0.25, 0.3) is 0 Å². The molecule has 0 bridgehead atoms. The van der Waals surface area contributed by atoms with Gasteiger partial charge in [0.2, 0.25) is 0 Å².